The van der Waals surface area contributed by atoms with Crippen molar-refractivity contribution in [3.63, 3.8) is 0 Å². The zero-order chi connectivity index (χ0) is 11.2. The SMILES string of the molecule is CCCNC(C1CCCCC1)C1CCCS1. The van der Waals surface area contributed by atoms with Crippen LogP contribution in [0.25, 0.3) is 0 Å². The Labute approximate surface area is 105 Å². The maximum absolute atomic E-state index is 3.86. The van der Waals surface area contributed by atoms with Crippen LogP contribution in [0.1, 0.15) is 58.3 Å². The van der Waals surface area contributed by atoms with Crippen molar-refractivity contribution in [2.75, 3.05) is 12.3 Å². The number of hydrogen-bond acceptors (Lipinski definition) is 2. The molecule has 0 amide bonds. The zero-order valence-corrected chi connectivity index (χ0v) is 11.5. The standard InChI is InChI=1S/C14H27NS/c1-2-10-15-14(13-9-6-11-16-13)12-7-4-3-5-8-12/h12-15H,2-11H2,1H3. The molecule has 0 aromatic carbocycles. The number of nitrogens with one attached hydrogen (secondary N) is 1. The molecule has 1 aliphatic carbocycles. The molecule has 2 atom stereocenters. The summed E-state index contributed by atoms with van der Waals surface area (Å²) in [5.74, 6) is 2.39. The molecule has 2 rings (SSSR count). The number of rotatable bonds is 5. The highest BCUT2D eigenvalue weighted by Gasteiger charge is 2.32. The Balaban J connectivity index is 1.89. The van der Waals surface area contributed by atoms with Gasteiger partial charge in [-0.25, -0.2) is 0 Å². The Hall–Kier alpha value is 0.310. The van der Waals surface area contributed by atoms with Crippen molar-refractivity contribution in [1.29, 1.82) is 0 Å². The second-order valence-electron chi connectivity index (χ2n) is 5.43. The Kier molecular flexibility index (Phi) is 5.51. The predicted octanol–water partition coefficient (Wildman–Crippen LogP) is 3.83. The summed E-state index contributed by atoms with van der Waals surface area (Å²) in [7, 11) is 0. The summed E-state index contributed by atoms with van der Waals surface area (Å²) in [4.78, 5) is 0. The van der Waals surface area contributed by atoms with E-state index in [9.17, 15) is 0 Å². The lowest BCUT2D eigenvalue weighted by atomic mass is 9.82. The van der Waals surface area contributed by atoms with Crippen LogP contribution in [-0.4, -0.2) is 23.6 Å². The fourth-order valence-corrected chi connectivity index (χ4v) is 4.79. The molecule has 1 nitrogen and oxygen atoms in total. The van der Waals surface area contributed by atoms with Gasteiger partial charge in [0.2, 0.25) is 0 Å². The van der Waals surface area contributed by atoms with Crippen LogP contribution >= 0.6 is 11.8 Å². The molecule has 0 radical (unpaired) electrons. The fraction of sp³-hybridized carbons (Fsp3) is 1.00. The van der Waals surface area contributed by atoms with Gasteiger partial charge in [-0.3, -0.25) is 0 Å². The van der Waals surface area contributed by atoms with Gasteiger partial charge < -0.3 is 5.32 Å². The molecule has 0 aromatic rings. The van der Waals surface area contributed by atoms with Crippen LogP contribution in [0, 0.1) is 5.92 Å². The van der Waals surface area contributed by atoms with Gasteiger partial charge in [-0.05, 0) is 50.3 Å². The molecule has 2 aliphatic rings. The van der Waals surface area contributed by atoms with Crippen molar-refractivity contribution >= 4 is 11.8 Å². The third-order valence-corrected chi connectivity index (χ3v) is 5.63. The lowest BCUT2D eigenvalue weighted by Crippen LogP contribution is -2.44. The Morgan fingerprint density at radius 1 is 1.12 bits per heavy atom. The van der Waals surface area contributed by atoms with Crippen LogP contribution in [0.3, 0.4) is 0 Å². The maximum Gasteiger partial charge on any atom is 0.0214 e. The maximum atomic E-state index is 3.86. The average Bonchev–Trinajstić information content (AvgIpc) is 2.85. The summed E-state index contributed by atoms with van der Waals surface area (Å²) in [6.45, 7) is 3.50. The van der Waals surface area contributed by atoms with E-state index < -0.39 is 0 Å². The van der Waals surface area contributed by atoms with E-state index in [0.717, 1.165) is 17.2 Å². The van der Waals surface area contributed by atoms with E-state index in [2.05, 4.69) is 24.0 Å². The highest BCUT2D eigenvalue weighted by Crippen LogP contribution is 2.36. The van der Waals surface area contributed by atoms with E-state index in [-0.39, 0.29) is 0 Å². The van der Waals surface area contributed by atoms with Crippen molar-refractivity contribution in [1.82, 2.24) is 5.32 Å². The second kappa shape index (κ2) is 6.90. The van der Waals surface area contributed by atoms with Crippen LogP contribution in [0.4, 0.5) is 0 Å². The summed E-state index contributed by atoms with van der Waals surface area (Å²) < 4.78 is 0. The van der Waals surface area contributed by atoms with Gasteiger partial charge >= 0.3 is 0 Å². The van der Waals surface area contributed by atoms with Gasteiger partial charge in [-0.2, -0.15) is 11.8 Å². The van der Waals surface area contributed by atoms with E-state index in [0.29, 0.717) is 0 Å². The smallest absolute Gasteiger partial charge is 0.0214 e. The molecule has 0 bridgehead atoms. The molecule has 2 unspecified atom stereocenters. The largest absolute Gasteiger partial charge is 0.313 e. The first-order valence-electron chi connectivity index (χ1n) is 7.27. The molecule has 94 valence electrons. The van der Waals surface area contributed by atoms with Crippen molar-refractivity contribution in [3.05, 3.63) is 0 Å². The van der Waals surface area contributed by atoms with E-state index in [1.54, 1.807) is 0 Å². The van der Waals surface area contributed by atoms with Crippen LogP contribution in [0.15, 0.2) is 0 Å². The normalized spacial score (nSPS) is 29.4. The van der Waals surface area contributed by atoms with E-state index >= 15 is 0 Å². The van der Waals surface area contributed by atoms with Crippen LogP contribution in [0.5, 0.6) is 0 Å². The Morgan fingerprint density at radius 2 is 1.94 bits per heavy atom. The topological polar surface area (TPSA) is 12.0 Å². The van der Waals surface area contributed by atoms with E-state index in [1.807, 2.05) is 0 Å². The summed E-state index contributed by atoms with van der Waals surface area (Å²) in [5, 5.41) is 4.79. The Morgan fingerprint density at radius 3 is 2.56 bits per heavy atom. The molecule has 16 heavy (non-hydrogen) atoms. The predicted molar refractivity (Wildman–Crippen MR) is 74.1 cm³/mol. The van der Waals surface area contributed by atoms with Crippen LogP contribution < -0.4 is 5.32 Å². The molecule has 0 aromatic heterocycles. The van der Waals surface area contributed by atoms with Gasteiger partial charge in [0.25, 0.3) is 0 Å². The van der Waals surface area contributed by atoms with Crippen molar-refractivity contribution in [3.8, 4) is 0 Å². The molecular weight excluding hydrogens is 214 g/mol. The second-order valence-corrected chi connectivity index (χ2v) is 6.78. The van der Waals surface area contributed by atoms with Gasteiger partial charge in [0.1, 0.15) is 0 Å². The van der Waals surface area contributed by atoms with Crippen LogP contribution in [-0.2, 0) is 0 Å². The van der Waals surface area contributed by atoms with Gasteiger partial charge in [-0.15, -0.1) is 0 Å². The lowest BCUT2D eigenvalue weighted by Gasteiger charge is -2.34. The minimum Gasteiger partial charge on any atom is -0.313 e. The van der Waals surface area contributed by atoms with Gasteiger partial charge in [-0.1, -0.05) is 26.2 Å². The minimum atomic E-state index is 0.827. The number of hydrogen-bond donors (Lipinski definition) is 1. The first-order chi connectivity index (χ1) is 7.92. The first-order valence-corrected chi connectivity index (χ1v) is 8.31. The lowest BCUT2D eigenvalue weighted by molar-refractivity contribution is 0.262. The highest BCUT2D eigenvalue weighted by molar-refractivity contribution is 8.00. The zero-order valence-electron chi connectivity index (χ0n) is 10.7. The quantitative estimate of drug-likeness (QED) is 0.785. The molecule has 1 aliphatic heterocycles. The molecular formula is C14H27NS. The fourth-order valence-electron chi connectivity index (χ4n) is 3.29. The third kappa shape index (κ3) is 3.40. The summed E-state index contributed by atoms with van der Waals surface area (Å²) in [5.41, 5.74) is 0. The molecule has 1 saturated carbocycles. The first kappa shape index (κ1) is 12.8. The average molecular weight is 241 g/mol. The Bertz CT molecular complexity index is 183. The summed E-state index contributed by atoms with van der Waals surface area (Å²) in [6, 6.07) is 0.827. The highest BCUT2D eigenvalue weighted by atomic mass is 32.2. The van der Waals surface area contributed by atoms with Crippen molar-refractivity contribution in [2.45, 2.75) is 69.6 Å². The summed E-state index contributed by atoms with van der Waals surface area (Å²) in [6.07, 6.45) is 11.6. The van der Waals surface area contributed by atoms with Crippen molar-refractivity contribution in [2.24, 2.45) is 5.92 Å². The third-order valence-electron chi connectivity index (χ3n) is 4.15. The van der Waals surface area contributed by atoms with Gasteiger partial charge in [0.05, 0.1) is 0 Å². The molecule has 1 N–H and O–H groups in total. The van der Waals surface area contributed by atoms with Crippen molar-refractivity contribution < 1.29 is 0 Å². The molecule has 0 spiro atoms. The van der Waals surface area contributed by atoms with Gasteiger partial charge in [0.15, 0.2) is 0 Å². The molecule has 1 saturated heterocycles. The number of thioether (sulfide) groups is 1. The molecule has 2 heteroatoms. The van der Waals surface area contributed by atoms with E-state index in [1.165, 1.54) is 63.7 Å². The minimum absolute atomic E-state index is 0.827. The molecule has 1 heterocycles. The van der Waals surface area contributed by atoms with Crippen LogP contribution in [0.2, 0.25) is 0 Å². The van der Waals surface area contributed by atoms with Gasteiger partial charge in [0, 0.05) is 11.3 Å². The summed E-state index contributed by atoms with van der Waals surface area (Å²) >= 11 is 2.23. The molecule has 2 fully saturated rings. The van der Waals surface area contributed by atoms with E-state index in [4.69, 9.17) is 0 Å². The monoisotopic (exact) mass is 241 g/mol.